The van der Waals surface area contributed by atoms with Crippen LogP contribution < -0.4 is 0 Å². The molecule has 194 valence electrons. The van der Waals surface area contributed by atoms with Gasteiger partial charge in [-0.25, -0.2) is 0 Å². The van der Waals surface area contributed by atoms with Crippen molar-refractivity contribution in [2.75, 3.05) is 0 Å². The number of ketones is 1. The van der Waals surface area contributed by atoms with E-state index in [1.54, 1.807) is 0 Å². The molecule has 2 rings (SSSR count). The van der Waals surface area contributed by atoms with Crippen molar-refractivity contribution in [1.82, 2.24) is 0 Å². The van der Waals surface area contributed by atoms with Crippen LogP contribution in [0.15, 0.2) is 12.2 Å². The lowest BCUT2D eigenvalue weighted by Crippen LogP contribution is -2.46. The first kappa shape index (κ1) is 29.6. The maximum absolute atomic E-state index is 12.7. The van der Waals surface area contributed by atoms with Crippen LogP contribution in [0.2, 0.25) is 36.3 Å². The Morgan fingerprint density at radius 2 is 1.38 bits per heavy atom. The van der Waals surface area contributed by atoms with Gasteiger partial charge in [0.1, 0.15) is 6.10 Å². The van der Waals surface area contributed by atoms with Crippen LogP contribution in [0.25, 0.3) is 0 Å². The van der Waals surface area contributed by atoms with Crippen molar-refractivity contribution in [2.24, 2.45) is 11.8 Å². The standard InChI is InChI=1S/C29H52O3Si2/c1-22-24(27(21-25(22)30)32-34(10,11)29(5,6)7)19-20-26(31-33(8,9)28(2,3)4)23-17-15-13-12-14-16-18-23/h23-24,26-27H,1,12-18,21H2,2-11H3/t24-,26-,27-/m1/s1. The highest BCUT2D eigenvalue weighted by atomic mass is 28.4. The molecule has 0 N–H and O–H groups in total. The molecule has 0 radical (unpaired) electrons. The van der Waals surface area contributed by atoms with Crippen LogP contribution in [0.3, 0.4) is 0 Å². The van der Waals surface area contributed by atoms with Gasteiger partial charge in [-0.1, -0.05) is 92.1 Å². The third kappa shape index (κ3) is 7.42. The van der Waals surface area contributed by atoms with Crippen LogP contribution in [0.5, 0.6) is 0 Å². The molecule has 2 fully saturated rings. The molecule has 5 heteroatoms. The molecule has 0 unspecified atom stereocenters. The molecule has 2 aliphatic rings. The topological polar surface area (TPSA) is 35.5 Å². The molecule has 0 amide bonds. The van der Waals surface area contributed by atoms with Crippen molar-refractivity contribution in [3.05, 3.63) is 12.2 Å². The predicted octanol–water partition coefficient (Wildman–Crippen LogP) is 8.28. The first-order valence-electron chi connectivity index (χ1n) is 13.5. The quantitative estimate of drug-likeness (QED) is 0.215. The number of hydrogen-bond donors (Lipinski definition) is 0. The van der Waals surface area contributed by atoms with Crippen LogP contribution in [0, 0.1) is 23.7 Å². The molecule has 3 atom stereocenters. The van der Waals surface area contributed by atoms with Crippen LogP contribution >= 0.6 is 0 Å². The van der Waals surface area contributed by atoms with Gasteiger partial charge in [-0.3, -0.25) is 4.79 Å². The van der Waals surface area contributed by atoms with Crippen molar-refractivity contribution in [2.45, 2.75) is 141 Å². The Balaban J connectivity index is 2.36. The summed E-state index contributed by atoms with van der Waals surface area (Å²) in [5, 5.41) is 0.222. The predicted molar refractivity (Wildman–Crippen MR) is 150 cm³/mol. The Bertz CT molecular complexity index is 781. The molecular formula is C29H52O3Si2. The maximum Gasteiger partial charge on any atom is 0.193 e. The molecule has 0 spiro atoms. The number of Topliss-reactive ketones (excluding diaryl/α,β-unsaturated/α-hetero) is 1. The molecular weight excluding hydrogens is 452 g/mol. The minimum Gasteiger partial charge on any atom is -0.412 e. The van der Waals surface area contributed by atoms with Crippen LogP contribution in [-0.4, -0.2) is 34.6 Å². The SMILES string of the molecule is C=C1C(=O)C[C@@H](O[Si](C)(C)C(C)(C)C)[C@@H]1C#C[C@@H](O[Si](C)(C)C(C)(C)C)C1CCCCCCC1. The smallest absolute Gasteiger partial charge is 0.193 e. The Morgan fingerprint density at radius 1 is 0.882 bits per heavy atom. The lowest BCUT2D eigenvalue weighted by atomic mass is 9.87. The minimum atomic E-state index is -2.02. The second-order valence-electron chi connectivity index (χ2n) is 13.7. The van der Waals surface area contributed by atoms with Crippen LogP contribution in [-0.2, 0) is 13.6 Å². The molecule has 2 saturated carbocycles. The average Bonchev–Trinajstić information content (AvgIpc) is 2.89. The average molecular weight is 505 g/mol. The summed E-state index contributed by atoms with van der Waals surface area (Å²) in [7, 11) is -4.00. The molecule has 0 aromatic heterocycles. The fraction of sp³-hybridized carbons (Fsp3) is 0.828. The highest BCUT2D eigenvalue weighted by molar-refractivity contribution is 6.74. The second kappa shape index (κ2) is 11.2. The molecule has 34 heavy (non-hydrogen) atoms. The maximum atomic E-state index is 12.7. The summed E-state index contributed by atoms with van der Waals surface area (Å²) in [5.74, 6) is 7.47. The van der Waals surface area contributed by atoms with Crippen molar-refractivity contribution < 1.29 is 13.6 Å². The van der Waals surface area contributed by atoms with E-state index in [0.717, 1.165) is 0 Å². The van der Waals surface area contributed by atoms with Crippen molar-refractivity contribution in [3.63, 3.8) is 0 Å². The van der Waals surface area contributed by atoms with Crippen LogP contribution in [0.4, 0.5) is 0 Å². The first-order valence-corrected chi connectivity index (χ1v) is 19.4. The van der Waals surface area contributed by atoms with E-state index in [0.29, 0.717) is 17.9 Å². The van der Waals surface area contributed by atoms with E-state index in [4.69, 9.17) is 8.85 Å². The number of hydrogen-bond acceptors (Lipinski definition) is 3. The molecule has 3 nitrogen and oxygen atoms in total. The van der Waals surface area contributed by atoms with Gasteiger partial charge in [0.25, 0.3) is 0 Å². The van der Waals surface area contributed by atoms with E-state index in [2.05, 4.69) is 86.2 Å². The first-order chi connectivity index (χ1) is 15.5. The zero-order chi connectivity index (χ0) is 25.9. The monoisotopic (exact) mass is 504 g/mol. The summed E-state index contributed by atoms with van der Waals surface area (Å²) in [4.78, 5) is 12.7. The normalized spacial score (nSPS) is 24.9. The highest BCUT2D eigenvalue weighted by Crippen LogP contribution is 2.42. The summed E-state index contributed by atoms with van der Waals surface area (Å²) in [6, 6.07) is 0. The van der Waals surface area contributed by atoms with Gasteiger partial charge in [0, 0.05) is 12.0 Å². The van der Waals surface area contributed by atoms with Gasteiger partial charge in [0.2, 0.25) is 0 Å². The number of rotatable bonds is 5. The van der Waals surface area contributed by atoms with Gasteiger partial charge in [-0.2, -0.15) is 0 Å². The summed E-state index contributed by atoms with van der Waals surface area (Å²) in [5.41, 5.74) is 0.625. The van der Waals surface area contributed by atoms with E-state index in [1.165, 1.54) is 44.9 Å². The third-order valence-corrected chi connectivity index (χ3v) is 17.9. The van der Waals surface area contributed by atoms with Crippen molar-refractivity contribution in [1.29, 1.82) is 0 Å². The summed E-state index contributed by atoms with van der Waals surface area (Å²) >= 11 is 0. The molecule has 0 heterocycles. The lowest BCUT2D eigenvalue weighted by molar-refractivity contribution is -0.115. The van der Waals surface area contributed by atoms with Crippen LogP contribution in [0.1, 0.15) is 92.9 Å². The summed E-state index contributed by atoms with van der Waals surface area (Å²) in [6.45, 7) is 26.9. The number of carbonyl (C=O) groups is 1. The Hall–Kier alpha value is -0.676. The van der Waals surface area contributed by atoms with E-state index in [1.807, 2.05) is 0 Å². The Labute approximate surface area is 213 Å². The van der Waals surface area contributed by atoms with Gasteiger partial charge in [-0.05, 0) is 55.0 Å². The van der Waals surface area contributed by atoms with Gasteiger partial charge < -0.3 is 8.85 Å². The third-order valence-electron chi connectivity index (χ3n) is 8.93. The molecule has 0 bridgehead atoms. The summed E-state index contributed by atoms with van der Waals surface area (Å²) < 4.78 is 13.7. The van der Waals surface area contributed by atoms with Crippen molar-refractivity contribution in [3.8, 4) is 11.8 Å². The Morgan fingerprint density at radius 3 is 1.88 bits per heavy atom. The largest absolute Gasteiger partial charge is 0.412 e. The van der Waals surface area contributed by atoms with E-state index in [-0.39, 0.29) is 34.0 Å². The summed E-state index contributed by atoms with van der Waals surface area (Å²) in [6.07, 6.45) is 9.01. The fourth-order valence-corrected chi connectivity index (χ4v) is 6.94. The fourth-order valence-electron chi connectivity index (χ4n) is 4.37. The van der Waals surface area contributed by atoms with Gasteiger partial charge >= 0.3 is 0 Å². The second-order valence-corrected chi connectivity index (χ2v) is 23.3. The zero-order valence-corrected chi connectivity index (χ0v) is 25.9. The zero-order valence-electron chi connectivity index (χ0n) is 23.9. The molecule has 0 aromatic carbocycles. The van der Waals surface area contributed by atoms with Gasteiger partial charge in [-0.15, -0.1) is 0 Å². The van der Waals surface area contributed by atoms with E-state index < -0.39 is 16.6 Å². The minimum absolute atomic E-state index is 0.0731. The Kier molecular flexibility index (Phi) is 9.70. The van der Waals surface area contributed by atoms with E-state index in [9.17, 15) is 4.79 Å². The van der Waals surface area contributed by atoms with Gasteiger partial charge in [0.15, 0.2) is 22.4 Å². The van der Waals surface area contributed by atoms with Crippen molar-refractivity contribution >= 4 is 22.4 Å². The molecule has 0 saturated heterocycles. The van der Waals surface area contributed by atoms with Gasteiger partial charge in [0.05, 0.1) is 12.0 Å². The van der Waals surface area contributed by atoms with E-state index >= 15 is 0 Å². The lowest BCUT2D eigenvalue weighted by Gasteiger charge is -2.40. The molecule has 0 aliphatic heterocycles. The highest BCUT2D eigenvalue weighted by Gasteiger charge is 2.45. The molecule has 0 aromatic rings. The molecule has 2 aliphatic carbocycles. The number of carbonyl (C=O) groups excluding carboxylic acids is 1.